The second kappa shape index (κ2) is 10.6. The lowest BCUT2D eigenvalue weighted by molar-refractivity contribution is -0.155. The van der Waals surface area contributed by atoms with Gasteiger partial charge < -0.3 is 14.8 Å². The number of benzene rings is 2. The van der Waals surface area contributed by atoms with E-state index in [1.165, 1.54) is 38.3 Å². The Morgan fingerprint density at radius 3 is 2.19 bits per heavy atom. The van der Waals surface area contributed by atoms with Crippen LogP contribution in [0, 0.1) is 5.92 Å². The first kappa shape index (κ1) is 24.6. The molecule has 0 bridgehead atoms. The third-order valence-corrected chi connectivity index (χ3v) is 6.06. The van der Waals surface area contributed by atoms with Crippen LogP contribution in [0.15, 0.2) is 53.4 Å². The number of carbonyl (C=O) groups excluding carboxylic acids is 2. The second-order valence-electron chi connectivity index (χ2n) is 7.07. The average Bonchev–Trinajstić information content (AvgIpc) is 2.72. The van der Waals surface area contributed by atoms with Gasteiger partial charge in [0, 0.05) is 5.02 Å². The fourth-order valence-electron chi connectivity index (χ4n) is 2.59. The largest absolute Gasteiger partial charge is 0.495 e. The number of amides is 1. The molecule has 31 heavy (non-hydrogen) atoms. The standard InChI is InChI=1S/C21H25ClN2O6S/c1-13(2)19(24-31(27,28)16-11-9-15(22)10-12-16)21(26)30-14(3)20(25)23-17-7-5-6-8-18(17)29-4/h5-14,19,24H,1-4H3,(H,23,25)/t14-,19-/m1/s1. The Hall–Kier alpha value is -2.62. The van der Waals surface area contributed by atoms with Crippen molar-refractivity contribution in [3.63, 3.8) is 0 Å². The molecule has 0 aliphatic rings. The molecule has 8 nitrogen and oxygen atoms in total. The maximum Gasteiger partial charge on any atom is 0.325 e. The number of anilines is 1. The Balaban J connectivity index is 2.09. The summed E-state index contributed by atoms with van der Waals surface area (Å²) in [6.45, 7) is 4.72. The van der Waals surface area contributed by atoms with Crippen LogP contribution in [0.1, 0.15) is 20.8 Å². The van der Waals surface area contributed by atoms with Gasteiger partial charge in [-0.1, -0.05) is 37.6 Å². The Morgan fingerprint density at radius 1 is 1.00 bits per heavy atom. The Bertz CT molecular complexity index is 1020. The highest BCUT2D eigenvalue weighted by molar-refractivity contribution is 7.89. The summed E-state index contributed by atoms with van der Waals surface area (Å²) in [5.74, 6) is -1.43. The summed E-state index contributed by atoms with van der Waals surface area (Å²) in [5, 5.41) is 3.00. The van der Waals surface area contributed by atoms with Crippen molar-refractivity contribution >= 4 is 39.2 Å². The normalized spacial score (nSPS) is 13.4. The van der Waals surface area contributed by atoms with Crippen molar-refractivity contribution in [2.45, 2.75) is 37.8 Å². The summed E-state index contributed by atoms with van der Waals surface area (Å²) >= 11 is 5.80. The van der Waals surface area contributed by atoms with E-state index in [2.05, 4.69) is 10.0 Å². The van der Waals surface area contributed by atoms with Crippen molar-refractivity contribution in [2.75, 3.05) is 12.4 Å². The topological polar surface area (TPSA) is 111 Å². The first-order valence-corrected chi connectivity index (χ1v) is 11.3. The lowest BCUT2D eigenvalue weighted by atomic mass is 10.1. The first-order chi connectivity index (χ1) is 14.5. The summed E-state index contributed by atoms with van der Waals surface area (Å²) in [5.41, 5.74) is 0.418. The highest BCUT2D eigenvalue weighted by Gasteiger charge is 2.32. The molecule has 2 atom stereocenters. The molecule has 2 aromatic rings. The number of rotatable bonds is 9. The number of hydrogen-bond donors (Lipinski definition) is 2. The fourth-order valence-corrected chi connectivity index (χ4v) is 4.05. The molecule has 1 amide bonds. The van der Waals surface area contributed by atoms with E-state index in [9.17, 15) is 18.0 Å². The van der Waals surface area contributed by atoms with E-state index in [1.807, 2.05) is 0 Å². The number of sulfonamides is 1. The van der Waals surface area contributed by atoms with Crippen molar-refractivity contribution in [1.29, 1.82) is 0 Å². The summed E-state index contributed by atoms with van der Waals surface area (Å²) in [6, 6.07) is 11.1. The Kier molecular flexibility index (Phi) is 8.43. The molecule has 0 fully saturated rings. The summed E-state index contributed by atoms with van der Waals surface area (Å²) in [4.78, 5) is 25.1. The molecule has 0 aromatic heterocycles. The number of methoxy groups -OCH3 is 1. The predicted octanol–water partition coefficient (Wildman–Crippen LogP) is 3.22. The first-order valence-electron chi connectivity index (χ1n) is 9.47. The van der Waals surface area contributed by atoms with Crippen molar-refractivity contribution < 1.29 is 27.5 Å². The molecular weight excluding hydrogens is 444 g/mol. The Labute approximate surface area is 186 Å². The number of carbonyl (C=O) groups is 2. The summed E-state index contributed by atoms with van der Waals surface area (Å²) in [7, 11) is -2.54. The summed E-state index contributed by atoms with van der Waals surface area (Å²) in [6.07, 6.45) is -1.17. The van der Waals surface area contributed by atoms with E-state index >= 15 is 0 Å². The molecule has 0 aliphatic carbocycles. The van der Waals surface area contributed by atoms with Gasteiger partial charge in [0.25, 0.3) is 5.91 Å². The van der Waals surface area contributed by atoms with Crippen molar-refractivity contribution in [2.24, 2.45) is 5.92 Å². The van der Waals surface area contributed by atoms with Crippen LogP contribution in [0.5, 0.6) is 5.75 Å². The minimum absolute atomic E-state index is 0.0442. The van der Waals surface area contributed by atoms with Gasteiger partial charge >= 0.3 is 5.97 Å². The van der Waals surface area contributed by atoms with Crippen LogP contribution in [-0.4, -0.2) is 39.5 Å². The average molecular weight is 469 g/mol. The monoisotopic (exact) mass is 468 g/mol. The maximum absolute atomic E-state index is 12.7. The van der Waals surface area contributed by atoms with Gasteiger partial charge in [-0.2, -0.15) is 4.72 Å². The maximum atomic E-state index is 12.7. The van der Waals surface area contributed by atoms with Crippen molar-refractivity contribution in [3.8, 4) is 5.75 Å². The van der Waals surface area contributed by atoms with Gasteiger partial charge in [0.1, 0.15) is 11.8 Å². The highest BCUT2D eigenvalue weighted by atomic mass is 35.5. The molecule has 0 spiro atoms. The molecule has 0 saturated heterocycles. The van der Waals surface area contributed by atoms with Crippen LogP contribution >= 0.6 is 11.6 Å². The molecule has 0 heterocycles. The summed E-state index contributed by atoms with van der Waals surface area (Å²) < 4.78 is 38.0. The van der Waals surface area contributed by atoms with Crippen molar-refractivity contribution in [1.82, 2.24) is 4.72 Å². The van der Waals surface area contributed by atoms with E-state index < -0.39 is 40.0 Å². The molecule has 2 aromatic carbocycles. The lowest BCUT2D eigenvalue weighted by Crippen LogP contribution is -2.47. The molecule has 0 unspecified atom stereocenters. The zero-order valence-electron chi connectivity index (χ0n) is 17.6. The van der Waals surface area contributed by atoms with E-state index in [-0.39, 0.29) is 4.90 Å². The number of halogens is 1. The lowest BCUT2D eigenvalue weighted by Gasteiger charge is -2.23. The van der Waals surface area contributed by atoms with Crippen LogP contribution < -0.4 is 14.8 Å². The number of ether oxygens (including phenoxy) is 2. The van der Waals surface area contributed by atoms with Crippen LogP contribution in [0.4, 0.5) is 5.69 Å². The van der Waals surface area contributed by atoms with Gasteiger partial charge in [-0.3, -0.25) is 9.59 Å². The molecule has 0 radical (unpaired) electrons. The zero-order valence-corrected chi connectivity index (χ0v) is 19.2. The minimum atomic E-state index is -4.01. The third kappa shape index (κ3) is 6.68. The minimum Gasteiger partial charge on any atom is -0.495 e. The van der Waals surface area contributed by atoms with Gasteiger partial charge in [-0.25, -0.2) is 8.42 Å². The van der Waals surface area contributed by atoms with Gasteiger partial charge in [0.2, 0.25) is 10.0 Å². The molecule has 0 saturated carbocycles. The van der Waals surface area contributed by atoms with Crippen molar-refractivity contribution in [3.05, 3.63) is 53.6 Å². The Morgan fingerprint density at radius 2 is 1.61 bits per heavy atom. The van der Waals surface area contributed by atoms with E-state index in [0.717, 1.165) is 0 Å². The second-order valence-corrected chi connectivity index (χ2v) is 9.22. The smallest absolute Gasteiger partial charge is 0.325 e. The molecule has 2 rings (SSSR count). The molecule has 0 aliphatic heterocycles. The van der Waals surface area contributed by atoms with Crippen LogP contribution in [0.3, 0.4) is 0 Å². The molecule has 10 heteroatoms. The predicted molar refractivity (Wildman–Crippen MR) is 118 cm³/mol. The van der Waals surface area contributed by atoms with Gasteiger partial charge in [0.05, 0.1) is 17.7 Å². The fraction of sp³-hybridized carbons (Fsp3) is 0.333. The van der Waals surface area contributed by atoms with Gasteiger partial charge in [0.15, 0.2) is 6.10 Å². The van der Waals surface area contributed by atoms with Crippen LogP contribution in [0.25, 0.3) is 0 Å². The third-order valence-electron chi connectivity index (χ3n) is 4.35. The molecule has 2 N–H and O–H groups in total. The van der Waals surface area contributed by atoms with Gasteiger partial charge in [-0.15, -0.1) is 0 Å². The zero-order chi connectivity index (χ0) is 23.2. The molecular formula is C21H25ClN2O6S. The van der Waals surface area contributed by atoms with E-state index in [0.29, 0.717) is 16.5 Å². The van der Waals surface area contributed by atoms with E-state index in [1.54, 1.807) is 38.1 Å². The molecule has 168 valence electrons. The number of hydrogen-bond acceptors (Lipinski definition) is 6. The SMILES string of the molecule is COc1ccccc1NC(=O)[C@@H](C)OC(=O)[C@H](NS(=O)(=O)c1ccc(Cl)cc1)C(C)C. The van der Waals surface area contributed by atoms with E-state index in [4.69, 9.17) is 21.1 Å². The quantitative estimate of drug-likeness (QED) is 0.546. The number of nitrogens with one attached hydrogen (secondary N) is 2. The number of esters is 1. The van der Waals surface area contributed by atoms with Crippen LogP contribution in [0.2, 0.25) is 5.02 Å². The van der Waals surface area contributed by atoms with Crippen LogP contribution in [-0.2, 0) is 24.3 Å². The number of para-hydroxylation sites is 2. The highest BCUT2D eigenvalue weighted by Crippen LogP contribution is 2.23. The van der Waals surface area contributed by atoms with Gasteiger partial charge in [-0.05, 0) is 49.2 Å².